The molecule has 2 heterocycles. The molecule has 7 heteroatoms. The van der Waals surface area contributed by atoms with E-state index in [-0.39, 0.29) is 11.5 Å². The largest absolute Gasteiger partial charge is 0.375 e. The summed E-state index contributed by atoms with van der Waals surface area (Å²) in [4.78, 5) is 4.30. The van der Waals surface area contributed by atoms with E-state index in [0.717, 1.165) is 31.8 Å². The van der Waals surface area contributed by atoms with Crippen molar-refractivity contribution in [2.75, 3.05) is 31.7 Å². The van der Waals surface area contributed by atoms with Crippen LogP contribution in [0.3, 0.4) is 0 Å². The van der Waals surface area contributed by atoms with Gasteiger partial charge in [-0.05, 0) is 38.0 Å². The molecule has 0 bridgehead atoms. The van der Waals surface area contributed by atoms with Gasteiger partial charge in [0, 0.05) is 26.2 Å². The number of hydrogen-bond donors (Lipinski definition) is 2. The molecule has 1 saturated carbocycles. The Morgan fingerprint density at radius 2 is 2.09 bits per heavy atom. The van der Waals surface area contributed by atoms with Crippen molar-refractivity contribution in [1.29, 1.82) is 0 Å². The maximum Gasteiger partial charge on any atom is 0.191 e. The fraction of sp³-hybridized carbons (Fsp3) is 0.938. The molecule has 0 aromatic heterocycles. The van der Waals surface area contributed by atoms with E-state index in [1.165, 1.54) is 25.7 Å². The zero-order chi connectivity index (χ0) is 16.3. The quantitative estimate of drug-likeness (QED) is 0.592. The summed E-state index contributed by atoms with van der Waals surface area (Å²) in [6, 6.07) is 0.389. The van der Waals surface area contributed by atoms with Crippen molar-refractivity contribution in [2.24, 2.45) is 10.9 Å². The first kappa shape index (κ1) is 17.0. The van der Waals surface area contributed by atoms with Gasteiger partial charge in [-0.3, -0.25) is 4.99 Å². The highest BCUT2D eigenvalue weighted by atomic mass is 32.2. The summed E-state index contributed by atoms with van der Waals surface area (Å²) in [6.07, 6.45) is 7.71. The SMILES string of the molecule is CN=C(NCC1CCS(=O)(=O)C1)NC1CCOC2(CCCC2)C1. The van der Waals surface area contributed by atoms with Gasteiger partial charge in [0.1, 0.15) is 0 Å². The minimum Gasteiger partial charge on any atom is -0.375 e. The lowest BCUT2D eigenvalue weighted by Crippen LogP contribution is -2.51. The molecule has 0 amide bonds. The normalized spacial score (nSPS) is 33.0. The molecule has 0 aromatic rings. The molecule has 1 aliphatic carbocycles. The summed E-state index contributed by atoms with van der Waals surface area (Å²) in [5.41, 5.74) is 0.0916. The van der Waals surface area contributed by atoms with Crippen LogP contribution in [-0.4, -0.2) is 57.7 Å². The van der Waals surface area contributed by atoms with E-state index < -0.39 is 9.84 Å². The van der Waals surface area contributed by atoms with Crippen LogP contribution in [0.4, 0.5) is 0 Å². The number of sulfone groups is 1. The van der Waals surface area contributed by atoms with Gasteiger partial charge in [0.15, 0.2) is 15.8 Å². The summed E-state index contributed by atoms with van der Waals surface area (Å²) in [5.74, 6) is 1.62. The summed E-state index contributed by atoms with van der Waals surface area (Å²) in [5, 5.41) is 6.82. The van der Waals surface area contributed by atoms with E-state index in [4.69, 9.17) is 4.74 Å². The molecule has 2 saturated heterocycles. The van der Waals surface area contributed by atoms with Crippen LogP contribution < -0.4 is 10.6 Å². The predicted octanol–water partition coefficient (Wildman–Crippen LogP) is 1.08. The second kappa shape index (κ2) is 6.97. The fourth-order valence-electron chi connectivity index (χ4n) is 4.18. The smallest absolute Gasteiger partial charge is 0.191 e. The molecular weight excluding hydrogens is 314 g/mol. The molecule has 3 fully saturated rings. The van der Waals surface area contributed by atoms with Crippen molar-refractivity contribution in [3.05, 3.63) is 0 Å². The van der Waals surface area contributed by atoms with Crippen LogP contribution in [-0.2, 0) is 14.6 Å². The fourth-order valence-corrected chi connectivity index (χ4v) is 6.04. The summed E-state index contributed by atoms with van der Waals surface area (Å²) < 4.78 is 29.1. The minimum atomic E-state index is -2.81. The average Bonchev–Trinajstić information content (AvgIpc) is 3.10. The highest BCUT2D eigenvalue weighted by molar-refractivity contribution is 7.91. The Morgan fingerprint density at radius 3 is 2.74 bits per heavy atom. The lowest BCUT2D eigenvalue weighted by molar-refractivity contribution is -0.0815. The molecule has 23 heavy (non-hydrogen) atoms. The van der Waals surface area contributed by atoms with Gasteiger partial charge < -0.3 is 15.4 Å². The number of ether oxygens (including phenoxy) is 1. The Kier molecular flexibility index (Phi) is 5.16. The third-order valence-electron chi connectivity index (χ3n) is 5.46. The van der Waals surface area contributed by atoms with Crippen molar-refractivity contribution in [2.45, 2.75) is 56.6 Å². The van der Waals surface area contributed by atoms with E-state index in [1.807, 2.05) is 0 Å². The van der Waals surface area contributed by atoms with E-state index in [0.29, 0.717) is 24.1 Å². The Balaban J connectivity index is 1.47. The molecule has 0 aromatic carbocycles. The van der Waals surface area contributed by atoms with Gasteiger partial charge in [0.05, 0.1) is 17.1 Å². The lowest BCUT2D eigenvalue weighted by Gasteiger charge is -2.39. The van der Waals surface area contributed by atoms with Crippen LogP contribution in [0.25, 0.3) is 0 Å². The Labute approximate surface area is 139 Å². The maximum atomic E-state index is 11.5. The first-order valence-corrected chi connectivity index (χ1v) is 10.6. The van der Waals surface area contributed by atoms with E-state index in [2.05, 4.69) is 15.6 Å². The molecule has 6 nitrogen and oxygen atoms in total. The van der Waals surface area contributed by atoms with Crippen LogP contribution in [0.5, 0.6) is 0 Å². The Hall–Kier alpha value is -0.820. The van der Waals surface area contributed by atoms with Gasteiger partial charge in [-0.1, -0.05) is 12.8 Å². The monoisotopic (exact) mass is 343 g/mol. The second-order valence-electron chi connectivity index (χ2n) is 7.29. The number of hydrogen-bond acceptors (Lipinski definition) is 4. The number of guanidine groups is 1. The Morgan fingerprint density at radius 1 is 1.30 bits per heavy atom. The van der Waals surface area contributed by atoms with Crippen LogP contribution in [0.15, 0.2) is 4.99 Å². The zero-order valence-electron chi connectivity index (χ0n) is 14.0. The molecule has 2 N–H and O–H groups in total. The van der Waals surface area contributed by atoms with Crippen molar-refractivity contribution in [3.63, 3.8) is 0 Å². The van der Waals surface area contributed by atoms with Crippen molar-refractivity contribution < 1.29 is 13.2 Å². The van der Waals surface area contributed by atoms with Crippen molar-refractivity contribution in [1.82, 2.24) is 10.6 Å². The predicted molar refractivity (Wildman–Crippen MR) is 91.4 cm³/mol. The number of aliphatic imine (C=N–C) groups is 1. The maximum absolute atomic E-state index is 11.5. The van der Waals surface area contributed by atoms with Crippen LogP contribution in [0, 0.1) is 5.92 Å². The van der Waals surface area contributed by atoms with E-state index >= 15 is 0 Å². The van der Waals surface area contributed by atoms with Crippen LogP contribution in [0.1, 0.15) is 44.9 Å². The molecular formula is C16H29N3O3S. The molecule has 132 valence electrons. The standard InChI is InChI=1S/C16H29N3O3S/c1-17-15(18-11-13-5-9-23(20,21)12-13)19-14-4-8-22-16(10-14)6-2-3-7-16/h13-14H,2-12H2,1H3,(H2,17,18,19). The molecule has 3 aliphatic rings. The topological polar surface area (TPSA) is 79.8 Å². The molecule has 2 aliphatic heterocycles. The van der Waals surface area contributed by atoms with Crippen molar-refractivity contribution in [3.8, 4) is 0 Å². The van der Waals surface area contributed by atoms with E-state index in [9.17, 15) is 8.42 Å². The molecule has 0 radical (unpaired) electrons. The summed E-state index contributed by atoms with van der Waals surface area (Å²) in [7, 11) is -1.04. The highest BCUT2D eigenvalue weighted by Crippen LogP contribution is 2.39. The molecule has 3 rings (SSSR count). The number of nitrogens with zero attached hydrogens (tertiary/aromatic N) is 1. The van der Waals surface area contributed by atoms with Gasteiger partial charge in [-0.2, -0.15) is 0 Å². The van der Waals surface area contributed by atoms with Gasteiger partial charge in [-0.25, -0.2) is 8.42 Å². The zero-order valence-corrected chi connectivity index (χ0v) is 14.8. The minimum absolute atomic E-state index is 0.0916. The molecule has 2 atom stereocenters. The molecule has 2 unspecified atom stereocenters. The van der Waals surface area contributed by atoms with Gasteiger partial charge in [0.25, 0.3) is 0 Å². The summed E-state index contributed by atoms with van der Waals surface area (Å²) in [6.45, 7) is 1.49. The van der Waals surface area contributed by atoms with Gasteiger partial charge >= 0.3 is 0 Å². The summed E-state index contributed by atoms with van der Waals surface area (Å²) >= 11 is 0. The third kappa shape index (κ3) is 4.38. The first-order chi connectivity index (χ1) is 11.0. The van der Waals surface area contributed by atoms with Crippen LogP contribution in [0.2, 0.25) is 0 Å². The van der Waals surface area contributed by atoms with Crippen molar-refractivity contribution >= 4 is 15.8 Å². The first-order valence-electron chi connectivity index (χ1n) is 8.82. The highest BCUT2D eigenvalue weighted by Gasteiger charge is 2.40. The Bertz CT molecular complexity index is 541. The lowest BCUT2D eigenvalue weighted by atomic mass is 9.89. The number of nitrogens with one attached hydrogen (secondary N) is 2. The third-order valence-corrected chi connectivity index (χ3v) is 7.29. The second-order valence-corrected chi connectivity index (χ2v) is 9.52. The average molecular weight is 343 g/mol. The number of rotatable bonds is 3. The molecule has 1 spiro atoms. The van der Waals surface area contributed by atoms with Crippen LogP contribution >= 0.6 is 0 Å². The van der Waals surface area contributed by atoms with E-state index in [1.54, 1.807) is 7.05 Å². The van der Waals surface area contributed by atoms with Gasteiger partial charge in [0.2, 0.25) is 0 Å². The van der Waals surface area contributed by atoms with Gasteiger partial charge in [-0.15, -0.1) is 0 Å².